The highest BCUT2D eigenvalue weighted by molar-refractivity contribution is 8.13. The molecule has 6 nitrogen and oxygen atoms in total. The number of hydrogen-bond acceptors (Lipinski definition) is 7. The summed E-state index contributed by atoms with van der Waals surface area (Å²) < 4.78 is 0. The van der Waals surface area contributed by atoms with Crippen molar-refractivity contribution in [3.8, 4) is 0 Å². The van der Waals surface area contributed by atoms with E-state index in [2.05, 4.69) is 5.18 Å². The van der Waals surface area contributed by atoms with Gasteiger partial charge in [0.05, 0.1) is 6.54 Å². The van der Waals surface area contributed by atoms with Gasteiger partial charge in [0.15, 0.2) is 5.12 Å². The molecule has 1 saturated heterocycles. The molecule has 1 aliphatic carbocycles. The first-order valence-corrected chi connectivity index (χ1v) is 10.5. The van der Waals surface area contributed by atoms with Crippen LogP contribution < -0.4 is 0 Å². The minimum absolute atomic E-state index is 0.0421. The van der Waals surface area contributed by atoms with E-state index >= 15 is 0 Å². The average molecular weight is 375 g/mol. The summed E-state index contributed by atoms with van der Waals surface area (Å²) >= 11 is 3.06. The van der Waals surface area contributed by atoms with Gasteiger partial charge in [0.2, 0.25) is 0 Å². The normalized spacial score (nSPS) is 27.0. The van der Waals surface area contributed by atoms with Gasteiger partial charge in [-0.3, -0.25) is 14.5 Å². The maximum atomic E-state index is 11.3. The van der Waals surface area contributed by atoms with Crippen molar-refractivity contribution in [1.29, 1.82) is 0 Å². The van der Waals surface area contributed by atoms with Crippen molar-refractivity contribution < 1.29 is 14.7 Å². The number of carbonyl (C=O) groups is 2. The second-order valence-corrected chi connectivity index (χ2v) is 9.42. The number of hydrogen-bond donors (Lipinski definition) is 1. The largest absolute Gasteiger partial charge is 0.480 e. The molecule has 3 atom stereocenters. The maximum absolute atomic E-state index is 11.3. The Morgan fingerprint density at radius 1 is 1.25 bits per heavy atom. The molecule has 0 aromatic carbocycles. The number of likely N-dealkylation sites (tertiary alicyclic amines) is 1. The number of nitrogens with zero attached hydrogens (tertiary/aromatic N) is 2. The third-order valence-electron chi connectivity index (χ3n) is 4.72. The lowest BCUT2D eigenvalue weighted by molar-refractivity contribution is -0.138. The lowest BCUT2D eigenvalue weighted by Crippen LogP contribution is -2.42. The zero-order valence-electron chi connectivity index (χ0n) is 14.1. The summed E-state index contributed by atoms with van der Waals surface area (Å²) in [5.74, 6) is -0.548. The van der Waals surface area contributed by atoms with Crippen molar-refractivity contribution in [1.82, 2.24) is 4.90 Å². The van der Waals surface area contributed by atoms with E-state index in [0.717, 1.165) is 18.2 Å². The van der Waals surface area contributed by atoms with Gasteiger partial charge in [-0.05, 0) is 19.3 Å². The number of carboxylic acid groups (broad SMARTS) is 1. The minimum Gasteiger partial charge on any atom is -0.480 e. The van der Waals surface area contributed by atoms with Gasteiger partial charge in [0, 0.05) is 35.8 Å². The predicted molar refractivity (Wildman–Crippen MR) is 98.6 cm³/mol. The van der Waals surface area contributed by atoms with E-state index in [-0.39, 0.29) is 17.7 Å². The number of carbonyl (C=O) groups excluding carboxylic acids is 1. The molecule has 3 unspecified atom stereocenters. The van der Waals surface area contributed by atoms with Gasteiger partial charge in [-0.2, -0.15) is 16.7 Å². The number of rotatable bonds is 8. The minimum atomic E-state index is -0.882. The Hall–Kier alpha value is -0.600. The molecule has 24 heavy (non-hydrogen) atoms. The van der Waals surface area contributed by atoms with Crippen molar-refractivity contribution in [3.05, 3.63) is 4.91 Å². The van der Waals surface area contributed by atoms with Gasteiger partial charge in [-0.15, -0.1) is 0 Å². The Labute approximate surface area is 151 Å². The summed E-state index contributed by atoms with van der Waals surface area (Å²) in [6.07, 6.45) is 7.12. The van der Waals surface area contributed by atoms with Crippen LogP contribution in [0.1, 0.15) is 45.4 Å². The molecule has 0 radical (unpaired) electrons. The molecule has 0 spiro atoms. The topological polar surface area (TPSA) is 87.0 Å². The van der Waals surface area contributed by atoms with Crippen molar-refractivity contribution >= 4 is 34.6 Å². The van der Waals surface area contributed by atoms with Crippen LogP contribution in [0.15, 0.2) is 5.18 Å². The molecule has 0 aromatic heterocycles. The third kappa shape index (κ3) is 6.04. The highest BCUT2D eigenvalue weighted by atomic mass is 32.2. The summed E-state index contributed by atoms with van der Waals surface area (Å²) in [5, 5.41) is 13.3. The maximum Gasteiger partial charge on any atom is 0.317 e. The fourth-order valence-electron chi connectivity index (χ4n) is 3.63. The Bertz CT molecular complexity index is 457. The lowest BCUT2D eigenvalue weighted by Gasteiger charge is -2.25. The Morgan fingerprint density at radius 3 is 2.54 bits per heavy atom. The number of thioether (sulfide) groups is 2. The van der Waals surface area contributed by atoms with Crippen LogP contribution in [0.4, 0.5) is 0 Å². The summed E-state index contributed by atoms with van der Waals surface area (Å²) in [4.78, 5) is 35.5. The van der Waals surface area contributed by atoms with Crippen molar-refractivity contribution in [2.75, 3.05) is 18.8 Å². The molecule has 1 N–H and O–H groups in total. The van der Waals surface area contributed by atoms with Crippen molar-refractivity contribution in [2.24, 2.45) is 5.18 Å². The summed E-state index contributed by atoms with van der Waals surface area (Å²) in [7, 11) is 0. The Balaban J connectivity index is 1.97. The molecule has 2 fully saturated rings. The van der Waals surface area contributed by atoms with Gasteiger partial charge in [-0.1, -0.05) is 36.2 Å². The molecule has 136 valence electrons. The number of nitroso groups, excluding NO2 is 1. The molecule has 1 aliphatic heterocycles. The van der Waals surface area contributed by atoms with Crippen LogP contribution >= 0.6 is 23.5 Å². The molecule has 0 amide bonds. The van der Waals surface area contributed by atoms with E-state index in [4.69, 9.17) is 5.11 Å². The second-order valence-electron chi connectivity index (χ2n) is 6.62. The number of aliphatic carboxylic acids is 1. The van der Waals surface area contributed by atoms with Gasteiger partial charge < -0.3 is 5.11 Å². The highest BCUT2D eigenvalue weighted by Gasteiger charge is 2.40. The van der Waals surface area contributed by atoms with E-state index in [0.29, 0.717) is 22.8 Å². The molecular weight excluding hydrogens is 348 g/mol. The molecule has 8 heteroatoms. The van der Waals surface area contributed by atoms with Crippen LogP contribution in [-0.2, 0) is 9.59 Å². The zero-order chi connectivity index (χ0) is 17.5. The lowest BCUT2D eigenvalue weighted by atomic mass is 10.0. The summed E-state index contributed by atoms with van der Waals surface area (Å²) in [6.45, 7) is 2.09. The van der Waals surface area contributed by atoms with E-state index in [1.807, 2.05) is 16.7 Å². The van der Waals surface area contributed by atoms with Gasteiger partial charge in [0.25, 0.3) is 0 Å². The smallest absolute Gasteiger partial charge is 0.317 e. The molecule has 0 bridgehead atoms. The van der Waals surface area contributed by atoms with Crippen LogP contribution in [0.2, 0.25) is 0 Å². The Morgan fingerprint density at radius 2 is 1.96 bits per heavy atom. The molecular formula is C16H26N2O4S2. The molecule has 0 aromatic rings. The summed E-state index contributed by atoms with van der Waals surface area (Å²) in [6, 6.07) is -0.707. The monoisotopic (exact) mass is 374 g/mol. The van der Waals surface area contributed by atoms with Gasteiger partial charge in [0.1, 0.15) is 6.04 Å². The second kappa shape index (κ2) is 9.77. The predicted octanol–water partition coefficient (Wildman–Crippen LogP) is 2.99. The van der Waals surface area contributed by atoms with Crippen LogP contribution in [0.5, 0.6) is 0 Å². The first-order valence-electron chi connectivity index (χ1n) is 8.56. The first-order chi connectivity index (χ1) is 11.5. The average Bonchev–Trinajstić information content (AvgIpc) is 2.90. The molecule has 1 saturated carbocycles. The van der Waals surface area contributed by atoms with E-state index < -0.39 is 12.0 Å². The van der Waals surface area contributed by atoms with Crippen LogP contribution in [0, 0.1) is 4.91 Å². The van der Waals surface area contributed by atoms with Gasteiger partial charge in [-0.25, -0.2) is 0 Å². The van der Waals surface area contributed by atoms with Crippen LogP contribution in [0.3, 0.4) is 0 Å². The van der Waals surface area contributed by atoms with Crippen LogP contribution in [0.25, 0.3) is 0 Å². The van der Waals surface area contributed by atoms with Gasteiger partial charge >= 0.3 is 5.97 Å². The zero-order valence-corrected chi connectivity index (χ0v) is 15.7. The van der Waals surface area contributed by atoms with E-state index in [9.17, 15) is 14.5 Å². The summed E-state index contributed by atoms with van der Waals surface area (Å²) in [5.41, 5.74) is 0. The highest BCUT2D eigenvalue weighted by Crippen LogP contribution is 2.37. The fourth-order valence-corrected chi connectivity index (χ4v) is 6.06. The molecule has 1 heterocycles. The van der Waals surface area contributed by atoms with E-state index in [1.165, 1.54) is 39.0 Å². The first kappa shape index (κ1) is 19.7. The standard InChI is InChI=1S/C16H26N2O4S2/c1-11(19)23-10-14(17-22)15-7-13(8-18(15)9-16(20)21)24-12-5-3-2-4-6-12/h12-15H,2-10H2,1H3,(H,20,21). The quantitative estimate of drug-likeness (QED) is 0.653. The molecule has 2 aliphatic rings. The number of carboxylic acids is 1. The fraction of sp³-hybridized carbons (Fsp3) is 0.875. The van der Waals surface area contributed by atoms with E-state index in [1.54, 1.807) is 0 Å². The SMILES string of the molecule is CC(=O)SCC(N=O)C1CC(SC2CCCCC2)CN1CC(=O)O. The molecule has 2 rings (SSSR count). The Kier molecular flexibility index (Phi) is 8.03. The van der Waals surface area contributed by atoms with Crippen molar-refractivity contribution in [2.45, 2.75) is 68.0 Å². The van der Waals surface area contributed by atoms with Crippen molar-refractivity contribution in [3.63, 3.8) is 0 Å². The van der Waals surface area contributed by atoms with Crippen LogP contribution in [-0.4, -0.2) is 62.5 Å². The third-order valence-corrected chi connectivity index (χ3v) is 7.22.